The van der Waals surface area contributed by atoms with Crippen LogP contribution >= 0.6 is 34.5 Å². The maximum Gasteiger partial charge on any atom is 0.325 e. The number of ether oxygens (including phenoxy) is 1. The number of anilines is 3. The van der Waals surface area contributed by atoms with Gasteiger partial charge in [-0.2, -0.15) is 0 Å². The lowest BCUT2D eigenvalue weighted by Gasteiger charge is -2.07. The molecule has 3 N–H and O–H groups in total. The Kier molecular flexibility index (Phi) is 6.35. The molecule has 1 aromatic heterocycles. The summed E-state index contributed by atoms with van der Waals surface area (Å²) >= 11 is 13.0. The number of amides is 3. The number of thiazole rings is 1. The molecule has 0 fully saturated rings. The number of nitrogens with zero attached hydrogens (tertiary/aromatic N) is 1. The first kappa shape index (κ1) is 19.9. The molecule has 1 heterocycles. The van der Waals surface area contributed by atoms with Gasteiger partial charge in [-0.1, -0.05) is 23.2 Å². The van der Waals surface area contributed by atoms with Crippen molar-refractivity contribution in [2.45, 2.75) is 0 Å². The van der Waals surface area contributed by atoms with Crippen LogP contribution in [0.15, 0.2) is 47.8 Å². The van der Waals surface area contributed by atoms with Crippen LogP contribution in [-0.4, -0.2) is 24.0 Å². The van der Waals surface area contributed by atoms with Gasteiger partial charge < -0.3 is 15.4 Å². The number of nitrogens with one attached hydrogen (secondary N) is 3. The van der Waals surface area contributed by atoms with E-state index in [0.29, 0.717) is 27.2 Å². The highest BCUT2D eigenvalue weighted by Gasteiger charge is 2.13. The van der Waals surface area contributed by atoms with Crippen LogP contribution in [0.2, 0.25) is 10.0 Å². The third kappa shape index (κ3) is 5.13. The Hall–Kier alpha value is -2.81. The molecule has 0 saturated heterocycles. The quantitative estimate of drug-likeness (QED) is 0.502. The molecule has 3 rings (SSSR count). The van der Waals surface area contributed by atoms with Crippen molar-refractivity contribution in [3.8, 4) is 5.75 Å². The van der Waals surface area contributed by atoms with Gasteiger partial charge in [-0.3, -0.25) is 10.1 Å². The second-order valence-corrected chi connectivity index (χ2v) is 7.13. The summed E-state index contributed by atoms with van der Waals surface area (Å²) in [5.74, 6) is 0.0788. The molecule has 0 radical (unpaired) electrons. The Morgan fingerprint density at radius 3 is 2.39 bits per heavy atom. The Balaban J connectivity index is 1.59. The lowest BCUT2D eigenvalue weighted by molar-refractivity contribution is 0.102. The molecule has 7 nitrogen and oxygen atoms in total. The number of benzene rings is 2. The fraction of sp³-hybridized carbons (Fsp3) is 0.0556. The minimum absolute atomic E-state index is 0.165. The first-order valence-electron chi connectivity index (χ1n) is 7.88. The van der Waals surface area contributed by atoms with Crippen molar-refractivity contribution in [3.63, 3.8) is 0 Å². The van der Waals surface area contributed by atoms with Crippen LogP contribution in [-0.2, 0) is 0 Å². The Labute approximate surface area is 174 Å². The van der Waals surface area contributed by atoms with Crippen molar-refractivity contribution in [2.24, 2.45) is 0 Å². The molecule has 3 aromatic rings. The number of methoxy groups -OCH3 is 1. The predicted molar refractivity (Wildman–Crippen MR) is 112 cm³/mol. The second-order valence-electron chi connectivity index (χ2n) is 5.43. The second kappa shape index (κ2) is 8.92. The van der Waals surface area contributed by atoms with Crippen LogP contribution < -0.4 is 20.7 Å². The van der Waals surface area contributed by atoms with Crippen molar-refractivity contribution in [1.29, 1.82) is 0 Å². The molecule has 144 valence electrons. The molecule has 0 bridgehead atoms. The number of carbonyl (C=O) groups excluding carboxylic acids is 2. The lowest BCUT2D eigenvalue weighted by Crippen LogP contribution is -2.19. The SMILES string of the molecule is COc1ccc(NC(=O)c2csc(NC(=O)Nc3ccc(Cl)cc3)n2)cc1Cl. The van der Waals surface area contributed by atoms with Crippen LogP contribution in [0.3, 0.4) is 0 Å². The Bertz CT molecular complexity index is 1010. The lowest BCUT2D eigenvalue weighted by atomic mass is 10.3. The molecule has 0 unspecified atom stereocenters. The number of halogens is 2. The molecular weight excluding hydrogens is 423 g/mol. The number of aromatic nitrogens is 1. The van der Waals surface area contributed by atoms with E-state index in [1.165, 1.54) is 7.11 Å². The number of urea groups is 1. The van der Waals surface area contributed by atoms with Gasteiger partial charge in [0.25, 0.3) is 5.91 Å². The summed E-state index contributed by atoms with van der Waals surface area (Å²) in [6.45, 7) is 0. The number of carbonyl (C=O) groups is 2. The number of rotatable bonds is 5. The zero-order chi connectivity index (χ0) is 20.1. The number of hydrogen-bond acceptors (Lipinski definition) is 5. The van der Waals surface area contributed by atoms with Gasteiger partial charge >= 0.3 is 6.03 Å². The van der Waals surface area contributed by atoms with E-state index in [4.69, 9.17) is 27.9 Å². The molecule has 10 heteroatoms. The van der Waals surface area contributed by atoms with E-state index in [1.54, 1.807) is 47.8 Å². The van der Waals surface area contributed by atoms with E-state index in [0.717, 1.165) is 11.3 Å². The van der Waals surface area contributed by atoms with Gasteiger partial charge in [0.05, 0.1) is 12.1 Å². The van der Waals surface area contributed by atoms with E-state index >= 15 is 0 Å². The summed E-state index contributed by atoms with van der Waals surface area (Å²) < 4.78 is 5.07. The van der Waals surface area contributed by atoms with E-state index in [9.17, 15) is 9.59 Å². The Morgan fingerprint density at radius 1 is 1.00 bits per heavy atom. The maximum absolute atomic E-state index is 12.3. The molecule has 0 aliphatic heterocycles. The summed E-state index contributed by atoms with van der Waals surface area (Å²) in [6, 6.07) is 11.1. The Morgan fingerprint density at radius 2 is 1.71 bits per heavy atom. The van der Waals surface area contributed by atoms with Gasteiger partial charge in [-0.05, 0) is 42.5 Å². The van der Waals surface area contributed by atoms with Crippen molar-refractivity contribution in [3.05, 3.63) is 63.6 Å². The van der Waals surface area contributed by atoms with Gasteiger partial charge in [0.15, 0.2) is 5.13 Å². The smallest absolute Gasteiger partial charge is 0.325 e. The first-order valence-corrected chi connectivity index (χ1v) is 9.52. The monoisotopic (exact) mass is 436 g/mol. The van der Waals surface area contributed by atoms with E-state index in [2.05, 4.69) is 20.9 Å². The predicted octanol–water partition coefficient (Wildman–Crippen LogP) is 5.35. The van der Waals surface area contributed by atoms with Gasteiger partial charge in [0.1, 0.15) is 11.4 Å². The fourth-order valence-corrected chi connectivity index (χ4v) is 3.24. The van der Waals surface area contributed by atoms with Crippen LogP contribution in [0.5, 0.6) is 5.75 Å². The molecule has 2 aromatic carbocycles. The zero-order valence-electron chi connectivity index (χ0n) is 14.5. The van der Waals surface area contributed by atoms with Gasteiger partial charge in [0.2, 0.25) is 0 Å². The highest BCUT2D eigenvalue weighted by atomic mass is 35.5. The molecule has 28 heavy (non-hydrogen) atoms. The molecule has 0 spiro atoms. The summed E-state index contributed by atoms with van der Waals surface area (Å²) in [5.41, 5.74) is 1.24. The first-order chi connectivity index (χ1) is 13.4. The highest BCUT2D eigenvalue weighted by Crippen LogP contribution is 2.27. The average molecular weight is 437 g/mol. The van der Waals surface area contributed by atoms with Crippen LogP contribution in [0.4, 0.5) is 21.3 Å². The van der Waals surface area contributed by atoms with Crippen LogP contribution in [0, 0.1) is 0 Å². The largest absolute Gasteiger partial charge is 0.495 e. The molecular formula is C18H14Cl2N4O3S. The molecule has 3 amide bonds. The molecule has 0 atom stereocenters. The third-order valence-electron chi connectivity index (χ3n) is 3.47. The standard InChI is InChI=1S/C18H14Cl2N4O3S/c1-27-15-7-6-12(8-13(15)20)21-16(25)14-9-28-18(23-14)24-17(26)22-11-4-2-10(19)3-5-11/h2-9H,1H3,(H,21,25)(H2,22,23,24,26). The fourth-order valence-electron chi connectivity index (χ4n) is 2.17. The third-order valence-corrected chi connectivity index (χ3v) is 4.77. The number of hydrogen-bond donors (Lipinski definition) is 3. The van der Waals surface area contributed by atoms with E-state index in [1.807, 2.05) is 0 Å². The zero-order valence-corrected chi connectivity index (χ0v) is 16.8. The average Bonchev–Trinajstić information content (AvgIpc) is 3.12. The molecule has 0 saturated carbocycles. The molecule has 0 aliphatic rings. The summed E-state index contributed by atoms with van der Waals surface area (Å²) in [4.78, 5) is 28.5. The van der Waals surface area contributed by atoms with Gasteiger partial charge in [-0.15, -0.1) is 11.3 Å². The minimum Gasteiger partial charge on any atom is -0.495 e. The van der Waals surface area contributed by atoms with Crippen molar-refractivity contribution in [2.75, 3.05) is 23.1 Å². The van der Waals surface area contributed by atoms with E-state index < -0.39 is 11.9 Å². The van der Waals surface area contributed by atoms with Gasteiger partial charge in [-0.25, -0.2) is 9.78 Å². The van der Waals surface area contributed by atoms with Crippen LogP contribution in [0.1, 0.15) is 10.5 Å². The van der Waals surface area contributed by atoms with Crippen LogP contribution in [0.25, 0.3) is 0 Å². The van der Waals surface area contributed by atoms with Crippen molar-refractivity contribution in [1.82, 2.24) is 4.98 Å². The normalized spacial score (nSPS) is 10.2. The van der Waals surface area contributed by atoms with Crippen molar-refractivity contribution < 1.29 is 14.3 Å². The summed E-state index contributed by atoms with van der Waals surface area (Å²) in [5, 5.41) is 10.7. The van der Waals surface area contributed by atoms with Crippen molar-refractivity contribution >= 4 is 63.0 Å². The van der Waals surface area contributed by atoms with Gasteiger partial charge in [0, 0.05) is 21.8 Å². The minimum atomic E-state index is -0.481. The molecule has 0 aliphatic carbocycles. The highest BCUT2D eigenvalue weighted by molar-refractivity contribution is 7.14. The maximum atomic E-state index is 12.3. The topological polar surface area (TPSA) is 92.4 Å². The summed E-state index contributed by atoms with van der Waals surface area (Å²) in [6.07, 6.45) is 0. The van der Waals surface area contributed by atoms with E-state index in [-0.39, 0.29) is 10.8 Å². The summed E-state index contributed by atoms with van der Waals surface area (Å²) in [7, 11) is 1.51.